The number of rotatable bonds is 4. The topological polar surface area (TPSA) is 34.1 Å². The fraction of sp³-hybridized carbons (Fsp3) is 0. The van der Waals surface area contributed by atoms with Crippen LogP contribution in [-0.4, -0.2) is 11.6 Å². The Kier molecular flexibility index (Phi) is 3.56. The molecule has 70 valence electrons. The lowest BCUT2D eigenvalue weighted by Crippen LogP contribution is -2.05. The molecule has 2 heteroatoms. The van der Waals surface area contributed by atoms with Crippen molar-refractivity contribution >= 4 is 17.6 Å². The third-order valence-electron chi connectivity index (χ3n) is 1.65. The molecule has 0 amide bonds. The van der Waals surface area contributed by atoms with Gasteiger partial charge in [-0.1, -0.05) is 43.0 Å². The Hall–Kier alpha value is -1.96. The second-order valence-electron chi connectivity index (χ2n) is 2.68. The van der Waals surface area contributed by atoms with Crippen LogP contribution in [0.4, 0.5) is 0 Å². The van der Waals surface area contributed by atoms with Gasteiger partial charge in [-0.05, 0) is 17.7 Å². The predicted molar refractivity (Wildman–Crippen MR) is 55.7 cm³/mol. The second-order valence-corrected chi connectivity index (χ2v) is 2.68. The van der Waals surface area contributed by atoms with Gasteiger partial charge in [-0.25, -0.2) is 0 Å². The molecule has 1 rings (SSSR count). The van der Waals surface area contributed by atoms with Crippen LogP contribution in [0.2, 0.25) is 0 Å². The van der Waals surface area contributed by atoms with E-state index < -0.39 is 11.6 Å². The van der Waals surface area contributed by atoms with Gasteiger partial charge in [0, 0.05) is 0 Å². The van der Waals surface area contributed by atoms with Gasteiger partial charge in [0.1, 0.15) is 0 Å². The van der Waals surface area contributed by atoms with Crippen molar-refractivity contribution in [2.24, 2.45) is 0 Å². The second kappa shape index (κ2) is 4.92. The van der Waals surface area contributed by atoms with Crippen LogP contribution in [0.3, 0.4) is 0 Å². The molecule has 0 bridgehead atoms. The van der Waals surface area contributed by atoms with Gasteiger partial charge in [0.15, 0.2) is 0 Å². The Balaban J connectivity index is 2.70. The summed E-state index contributed by atoms with van der Waals surface area (Å²) in [6.07, 6.45) is 3.86. The van der Waals surface area contributed by atoms with Gasteiger partial charge in [0.25, 0.3) is 0 Å². The summed E-state index contributed by atoms with van der Waals surface area (Å²) in [7, 11) is 0. The van der Waals surface area contributed by atoms with E-state index in [1.165, 1.54) is 6.08 Å². The molecule has 1 aromatic carbocycles. The first kappa shape index (κ1) is 10.1. The fourth-order valence-corrected chi connectivity index (χ4v) is 0.919. The molecule has 0 saturated heterocycles. The molecule has 0 unspecified atom stereocenters. The third-order valence-corrected chi connectivity index (χ3v) is 1.65. The molecular formula is C12H10O2. The van der Waals surface area contributed by atoms with Gasteiger partial charge in [0.05, 0.1) is 0 Å². The van der Waals surface area contributed by atoms with E-state index in [1.54, 1.807) is 6.08 Å². The molecule has 0 radical (unpaired) electrons. The predicted octanol–water partition coefficient (Wildman–Crippen LogP) is 2.02. The maximum absolute atomic E-state index is 11.0. The largest absolute Gasteiger partial charge is 0.286 e. The van der Waals surface area contributed by atoms with Crippen LogP contribution in [-0.2, 0) is 9.59 Å². The van der Waals surface area contributed by atoms with Gasteiger partial charge < -0.3 is 0 Å². The molecule has 0 atom stereocenters. The molecule has 2 nitrogen and oxygen atoms in total. The first-order chi connectivity index (χ1) is 6.74. The number of carbonyl (C=O) groups is 2. The number of benzene rings is 1. The maximum Gasteiger partial charge on any atom is 0.225 e. The molecule has 0 aromatic heterocycles. The average molecular weight is 186 g/mol. The summed E-state index contributed by atoms with van der Waals surface area (Å²) >= 11 is 0. The molecule has 0 heterocycles. The minimum absolute atomic E-state index is 0.552. The lowest BCUT2D eigenvalue weighted by molar-refractivity contribution is -0.130. The van der Waals surface area contributed by atoms with E-state index in [0.717, 1.165) is 11.6 Å². The van der Waals surface area contributed by atoms with E-state index in [-0.39, 0.29) is 0 Å². The number of hydrogen-bond donors (Lipinski definition) is 0. The molecule has 0 fully saturated rings. The highest BCUT2D eigenvalue weighted by molar-refractivity contribution is 6.46. The molecule has 1 aromatic rings. The van der Waals surface area contributed by atoms with E-state index in [1.807, 2.05) is 30.3 Å². The van der Waals surface area contributed by atoms with Crippen molar-refractivity contribution in [3.8, 4) is 0 Å². The average Bonchev–Trinajstić information content (AvgIpc) is 2.26. The van der Waals surface area contributed by atoms with Crippen LogP contribution in [0.25, 0.3) is 6.08 Å². The zero-order valence-electron chi connectivity index (χ0n) is 7.64. The lowest BCUT2D eigenvalue weighted by atomic mass is 10.1. The van der Waals surface area contributed by atoms with Crippen molar-refractivity contribution < 1.29 is 9.59 Å². The van der Waals surface area contributed by atoms with Gasteiger partial charge in [-0.2, -0.15) is 0 Å². The Labute approximate surface area is 82.6 Å². The zero-order chi connectivity index (χ0) is 10.4. The van der Waals surface area contributed by atoms with Crippen LogP contribution in [0, 0.1) is 0 Å². The van der Waals surface area contributed by atoms with E-state index in [9.17, 15) is 9.59 Å². The summed E-state index contributed by atoms with van der Waals surface area (Å²) in [6.45, 7) is 3.23. The highest BCUT2D eigenvalue weighted by Gasteiger charge is 2.03. The zero-order valence-corrected chi connectivity index (χ0v) is 7.64. The smallest absolute Gasteiger partial charge is 0.225 e. The van der Waals surface area contributed by atoms with Gasteiger partial charge >= 0.3 is 0 Å². The van der Waals surface area contributed by atoms with Crippen LogP contribution in [0.1, 0.15) is 5.56 Å². The van der Waals surface area contributed by atoms with Crippen molar-refractivity contribution in [1.29, 1.82) is 0 Å². The molecule has 0 aliphatic rings. The van der Waals surface area contributed by atoms with Crippen molar-refractivity contribution in [2.45, 2.75) is 0 Å². The molecule has 14 heavy (non-hydrogen) atoms. The summed E-state index contributed by atoms with van der Waals surface area (Å²) in [5, 5.41) is 0. The number of ketones is 2. The highest BCUT2D eigenvalue weighted by atomic mass is 16.2. The molecule has 0 aliphatic heterocycles. The fourth-order valence-electron chi connectivity index (χ4n) is 0.919. The van der Waals surface area contributed by atoms with Crippen LogP contribution >= 0.6 is 0 Å². The molecule has 0 saturated carbocycles. The van der Waals surface area contributed by atoms with Crippen LogP contribution in [0.15, 0.2) is 49.1 Å². The molecule has 0 aliphatic carbocycles. The monoisotopic (exact) mass is 186 g/mol. The first-order valence-corrected chi connectivity index (χ1v) is 4.18. The quantitative estimate of drug-likeness (QED) is 0.532. The Bertz CT molecular complexity index is 375. The maximum atomic E-state index is 11.0. The van der Waals surface area contributed by atoms with Crippen molar-refractivity contribution in [3.63, 3.8) is 0 Å². The van der Waals surface area contributed by atoms with Crippen LogP contribution in [0.5, 0.6) is 0 Å². The summed E-state index contributed by atoms with van der Waals surface area (Å²) in [5.41, 5.74) is 0.887. The Morgan fingerprint density at radius 2 is 1.71 bits per heavy atom. The first-order valence-electron chi connectivity index (χ1n) is 4.18. The molecule has 0 N–H and O–H groups in total. The van der Waals surface area contributed by atoms with E-state index in [4.69, 9.17) is 0 Å². The van der Waals surface area contributed by atoms with E-state index >= 15 is 0 Å². The van der Waals surface area contributed by atoms with Gasteiger partial charge in [-0.3, -0.25) is 9.59 Å². The summed E-state index contributed by atoms with van der Waals surface area (Å²) < 4.78 is 0. The van der Waals surface area contributed by atoms with E-state index in [2.05, 4.69) is 6.58 Å². The number of hydrogen-bond acceptors (Lipinski definition) is 2. The highest BCUT2D eigenvalue weighted by Crippen LogP contribution is 2.00. The summed E-state index contributed by atoms with van der Waals surface area (Å²) in [5.74, 6) is -1.14. The van der Waals surface area contributed by atoms with Gasteiger partial charge in [-0.15, -0.1) is 0 Å². The summed E-state index contributed by atoms with van der Waals surface area (Å²) in [6, 6.07) is 9.30. The van der Waals surface area contributed by atoms with Crippen molar-refractivity contribution in [3.05, 3.63) is 54.6 Å². The lowest BCUT2D eigenvalue weighted by Gasteiger charge is -1.89. The molecular weight excluding hydrogens is 176 g/mol. The van der Waals surface area contributed by atoms with Crippen molar-refractivity contribution in [1.82, 2.24) is 0 Å². The van der Waals surface area contributed by atoms with Crippen molar-refractivity contribution in [2.75, 3.05) is 0 Å². The van der Waals surface area contributed by atoms with Crippen LogP contribution < -0.4 is 0 Å². The summed E-state index contributed by atoms with van der Waals surface area (Å²) in [4.78, 5) is 21.9. The normalized spacial score (nSPS) is 10.0. The minimum Gasteiger partial charge on any atom is -0.286 e. The number of allylic oxidation sites excluding steroid dienone is 2. The minimum atomic E-state index is -0.586. The third kappa shape index (κ3) is 2.83. The Morgan fingerprint density at radius 3 is 2.29 bits per heavy atom. The number of carbonyl (C=O) groups excluding carboxylic acids is 2. The van der Waals surface area contributed by atoms with E-state index in [0.29, 0.717) is 0 Å². The standard InChI is InChI=1S/C12H10O2/c1-2-11(13)12(14)9-8-10-6-4-3-5-7-10/h2-9H,1H2. The van der Waals surface area contributed by atoms with Gasteiger partial charge in [0.2, 0.25) is 11.6 Å². The Morgan fingerprint density at radius 1 is 1.07 bits per heavy atom. The molecule has 0 spiro atoms. The SMILES string of the molecule is C=CC(=O)C(=O)C=Cc1ccccc1.